The number of amides is 1. The molecule has 3 aliphatic carbocycles. The highest BCUT2D eigenvalue weighted by Crippen LogP contribution is 2.64. The molecule has 9 heteroatoms. The summed E-state index contributed by atoms with van der Waals surface area (Å²) in [5.41, 5.74) is 0.964. The Morgan fingerprint density at radius 2 is 1.97 bits per heavy atom. The standard InChI is InChI=1S/C21H21F2N5O2/c1-11(2)30-19-15(25-18(29)14-5-3-4-13(24-14)17(22)23)9-28-10-16(26-20(28)27-19)21-6-12(7-21)8-21/h3-5,9-12,17H,6-8H2,1-2H3,(H,25,29). The molecule has 0 saturated heterocycles. The lowest BCUT2D eigenvalue weighted by atomic mass is 9.43. The van der Waals surface area contributed by atoms with Crippen LogP contribution in [0, 0.1) is 5.92 Å². The van der Waals surface area contributed by atoms with Crippen LogP contribution in [0.1, 0.15) is 61.4 Å². The van der Waals surface area contributed by atoms with Crippen LogP contribution < -0.4 is 10.1 Å². The minimum absolute atomic E-state index is 0.108. The average Bonchev–Trinajstić information content (AvgIpc) is 3.01. The van der Waals surface area contributed by atoms with E-state index in [1.807, 2.05) is 20.0 Å². The molecule has 1 N–H and O–H groups in total. The molecule has 0 unspecified atom stereocenters. The topological polar surface area (TPSA) is 81.4 Å². The highest BCUT2D eigenvalue weighted by Gasteiger charge is 2.58. The van der Waals surface area contributed by atoms with Gasteiger partial charge in [-0.2, -0.15) is 4.98 Å². The van der Waals surface area contributed by atoms with Crippen LogP contribution in [-0.2, 0) is 5.41 Å². The molecule has 3 heterocycles. The summed E-state index contributed by atoms with van der Waals surface area (Å²) in [6.07, 6.45) is 4.21. The highest BCUT2D eigenvalue weighted by atomic mass is 19.3. The van der Waals surface area contributed by atoms with E-state index in [0.717, 1.165) is 11.6 Å². The summed E-state index contributed by atoms with van der Waals surface area (Å²) in [5.74, 6) is 0.938. The minimum Gasteiger partial charge on any atom is -0.473 e. The molecule has 0 radical (unpaired) electrons. The predicted octanol–water partition coefficient (Wildman–Crippen LogP) is 4.15. The van der Waals surface area contributed by atoms with E-state index >= 15 is 0 Å². The van der Waals surface area contributed by atoms with Crippen LogP contribution >= 0.6 is 0 Å². The van der Waals surface area contributed by atoms with Crippen LogP contribution in [0.25, 0.3) is 5.78 Å². The number of nitrogens with zero attached hydrogens (tertiary/aromatic N) is 4. The Hall–Kier alpha value is -3.10. The Bertz CT molecular complexity index is 1130. The number of alkyl halides is 2. The van der Waals surface area contributed by atoms with Crippen molar-refractivity contribution in [3.8, 4) is 5.88 Å². The Balaban J connectivity index is 1.48. The number of nitrogens with one attached hydrogen (secondary N) is 1. The normalized spacial score (nSPS) is 22.1. The molecule has 3 aromatic rings. The molecule has 3 aromatic heterocycles. The van der Waals surface area contributed by atoms with Crippen LogP contribution in [-0.4, -0.2) is 31.4 Å². The third-order valence-corrected chi connectivity index (χ3v) is 5.82. The first kappa shape index (κ1) is 18.9. The Kier molecular flexibility index (Phi) is 4.23. The molecule has 3 fully saturated rings. The molecule has 0 atom stereocenters. The fourth-order valence-corrected chi connectivity index (χ4v) is 4.24. The number of fused-ring (bicyclic) bond motifs is 1. The summed E-state index contributed by atoms with van der Waals surface area (Å²) in [5, 5.41) is 2.69. The third kappa shape index (κ3) is 3.09. The second kappa shape index (κ2) is 6.72. The number of hydrogen-bond donors (Lipinski definition) is 1. The number of halogens is 2. The van der Waals surface area contributed by atoms with Crippen LogP contribution in [0.15, 0.2) is 30.6 Å². The van der Waals surface area contributed by atoms with Gasteiger partial charge in [-0.25, -0.2) is 18.7 Å². The van der Waals surface area contributed by atoms with Gasteiger partial charge in [0.25, 0.3) is 12.3 Å². The van der Waals surface area contributed by atoms with E-state index in [1.165, 1.54) is 37.5 Å². The van der Waals surface area contributed by atoms with E-state index in [9.17, 15) is 13.6 Å². The van der Waals surface area contributed by atoms with Crippen molar-refractivity contribution in [3.05, 3.63) is 47.7 Å². The molecular formula is C21H21F2N5O2. The number of carbonyl (C=O) groups excluding carboxylic acids is 1. The molecule has 1 amide bonds. The summed E-state index contributed by atoms with van der Waals surface area (Å²) < 4.78 is 33.4. The average molecular weight is 413 g/mol. The zero-order valence-corrected chi connectivity index (χ0v) is 16.6. The van der Waals surface area contributed by atoms with Crippen molar-refractivity contribution in [2.45, 2.75) is 51.1 Å². The van der Waals surface area contributed by atoms with Crippen LogP contribution in [0.5, 0.6) is 5.88 Å². The van der Waals surface area contributed by atoms with E-state index < -0.39 is 18.0 Å². The van der Waals surface area contributed by atoms with Crippen molar-refractivity contribution in [2.24, 2.45) is 5.92 Å². The van der Waals surface area contributed by atoms with Gasteiger partial charge in [-0.3, -0.25) is 9.20 Å². The number of ether oxygens (including phenoxy) is 1. The number of pyridine rings is 1. The molecule has 156 valence electrons. The first-order chi connectivity index (χ1) is 14.3. The Labute approximate surface area is 171 Å². The molecule has 30 heavy (non-hydrogen) atoms. The first-order valence-electron chi connectivity index (χ1n) is 9.96. The lowest BCUT2D eigenvalue weighted by Gasteiger charge is -2.60. The van der Waals surface area contributed by atoms with Crippen LogP contribution in [0.3, 0.4) is 0 Å². The maximum Gasteiger partial charge on any atom is 0.280 e. The van der Waals surface area contributed by atoms with Crippen molar-refractivity contribution in [3.63, 3.8) is 0 Å². The molecule has 0 aromatic carbocycles. The summed E-state index contributed by atoms with van der Waals surface area (Å²) >= 11 is 0. The number of carbonyl (C=O) groups is 1. The summed E-state index contributed by atoms with van der Waals surface area (Å²) in [7, 11) is 0. The predicted molar refractivity (Wildman–Crippen MR) is 105 cm³/mol. The molecule has 2 bridgehead atoms. The monoisotopic (exact) mass is 413 g/mol. The maximum atomic E-state index is 12.9. The first-order valence-corrected chi connectivity index (χ1v) is 9.96. The van der Waals surface area contributed by atoms with Gasteiger partial charge in [0, 0.05) is 17.8 Å². The number of rotatable bonds is 6. The van der Waals surface area contributed by atoms with Gasteiger partial charge in [-0.1, -0.05) is 6.07 Å². The van der Waals surface area contributed by atoms with Gasteiger partial charge in [0.1, 0.15) is 17.1 Å². The van der Waals surface area contributed by atoms with Gasteiger partial charge in [-0.05, 0) is 51.2 Å². The zero-order chi connectivity index (χ0) is 21.0. The zero-order valence-electron chi connectivity index (χ0n) is 16.6. The smallest absolute Gasteiger partial charge is 0.280 e. The van der Waals surface area contributed by atoms with Crippen LogP contribution in [0.2, 0.25) is 0 Å². The number of anilines is 1. The molecule has 0 aliphatic heterocycles. The molecule has 6 rings (SSSR count). The maximum absolute atomic E-state index is 12.9. The lowest BCUT2D eigenvalue weighted by Crippen LogP contribution is -2.55. The summed E-state index contributed by atoms with van der Waals surface area (Å²) in [6, 6.07) is 3.94. The minimum atomic E-state index is -2.75. The highest BCUT2D eigenvalue weighted by molar-refractivity contribution is 6.03. The van der Waals surface area contributed by atoms with Gasteiger partial charge in [0.2, 0.25) is 11.7 Å². The number of hydrogen-bond acceptors (Lipinski definition) is 5. The van der Waals surface area contributed by atoms with Crippen molar-refractivity contribution in [1.29, 1.82) is 0 Å². The van der Waals surface area contributed by atoms with Crippen molar-refractivity contribution >= 4 is 17.4 Å². The van der Waals surface area contributed by atoms with Gasteiger partial charge >= 0.3 is 0 Å². The van der Waals surface area contributed by atoms with Crippen molar-refractivity contribution < 1.29 is 18.3 Å². The summed E-state index contributed by atoms with van der Waals surface area (Å²) in [6.45, 7) is 3.70. The number of aromatic nitrogens is 4. The molecule has 3 saturated carbocycles. The van der Waals surface area contributed by atoms with E-state index in [4.69, 9.17) is 4.74 Å². The molecular weight excluding hydrogens is 392 g/mol. The van der Waals surface area contributed by atoms with Gasteiger partial charge < -0.3 is 10.1 Å². The van der Waals surface area contributed by atoms with E-state index in [-0.39, 0.29) is 23.1 Å². The quantitative estimate of drug-likeness (QED) is 0.657. The van der Waals surface area contributed by atoms with Crippen molar-refractivity contribution in [1.82, 2.24) is 19.4 Å². The fraction of sp³-hybridized carbons (Fsp3) is 0.429. The third-order valence-electron chi connectivity index (χ3n) is 5.82. The van der Waals surface area contributed by atoms with E-state index in [1.54, 1.807) is 10.6 Å². The summed E-state index contributed by atoms with van der Waals surface area (Å²) in [4.78, 5) is 25.6. The largest absolute Gasteiger partial charge is 0.473 e. The van der Waals surface area contributed by atoms with E-state index in [0.29, 0.717) is 11.5 Å². The second-order valence-electron chi connectivity index (χ2n) is 8.42. The van der Waals surface area contributed by atoms with Crippen LogP contribution in [0.4, 0.5) is 14.5 Å². The van der Waals surface area contributed by atoms with Crippen molar-refractivity contribution in [2.75, 3.05) is 5.32 Å². The Morgan fingerprint density at radius 1 is 1.20 bits per heavy atom. The van der Waals surface area contributed by atoms with Gasteiger partial charge in [-0.15, -0.1) is 0 Å². The number of imidazole rings is 1. The SMILES string of the molecule is CC(C)Oc1nc2nc(C34CC(C3)C4)cn2cc1NC(=O)c1cccc(C(F)F)n1. The van der Waals surface area contributed by atoms with Gasteiger partial charge in [0.15, 0.2) is 0 Å². The van der Waals surface area contributed by atoms with E-state index in [2.05, 4.69) is 20.3 Å². The Morgan fingerprint density at radius 3 is 2.60 bits per heavy atom. The fourth-order valence-electron chi connectivity index (χ4n) is 4.24. The molecule has 7 nitrogen and oxygen atoms in total. The lowest BCUT2D eigenvalue weighted by molar-refractivity contribution is -0.0304. The van der Waals surface area contributed by atoms with Gasteiger partial charge in [0.05, 0.1) is 11.8 Å². The second-order valence-corrected chi connectivity index (χ2v) is 8.42. The molecule has 0 spiro atoms. The molecule has 3 aliphatic rings.